The van der Waals surface area contributed by atoms with E-state index in [2.05, 4.69) is 0 Å². The molecule has 0 saturated carbocycles. The van der Waals surface area contributed by atoms with Crippen LogP contribution in [0.2, 0.25) is 15.1 Å². The van der Waals surface area contributed by atoms with Crippen LogP contribution in [0.15, 0.2) is 12.1 Å². The smallest absolute Gasteiger partial charge is 0.0639 e. The van der Waals surface area contributed by atoms with Crippen molar-refractivity contribution >= 4 is 34.8 Å². The van der Waals surface area contributed by atoms with E-state index in [1.165, 1.54) is 0 Å². The fourth-order valence-corrected chi connectivity index (χ4v) is 1.71. The zero-order valence-electron chi connectivity index (χ0n) is 6.00. The van der Waals surface area contributed by atoms with Gasteiger partial charge in [0.1, 0.15) is 0 Å². The van der Waals surface area contributed by atoms with Crippen LogP contribution in [0, 0.1) is 0 Å². The van der Waals surface area contributed by atoms with E-state index >= 15 is 0 Å². The molecule has 1 aromatic rings. The Balaban J connectivity index is 3.29. The Morgan fingerprint density at radius 1 is 1.09 bits per heavy atom. The molecule has 0 saturated heterocycles. The lowest BCUT2D eigenvalue weighted by Crippen LogP contribution is -1.84. The summed E-state index contributed by atoms with van der Waals surface area (Å²) in [4.78, 5) is 0. The third-order valence-corrected chi connectivity index (χ3v) is 2.69. The molecule has 0 atom stereocenters. The lowest BCUT2D eigenvalue weighted by atomic mass is 10.2. The van der Waals surface area contributed by atoms with Gasteiger partial charge in [0.25, 0.3) is 0 Å². The molecule has 0 unspecified atom stereocenters. The molecule has 0 heterocycles. The van der Waals surface area contributed by atoms with Crippen LogP contribution >= 0.6 is 34.8 Å². The van der Waals surface area contributed by atoms with Crippen LogP contribution in [-0.4, -0.2) is 0 Å². The molecular formula is C8H7Cl3. The second-order valence-corrected chi connectivity index (χ2v) is 3.37. The minimum absolute atomic E-state index is 0.563. The summed E-state index contributed by atoms with van der Waals surface area (Å²) in [5.41, 5.74) is 0.917. The third-order valence-electron chi connectivity index (χ3n) is 1.49. The Kier molecular flexibility index (Phi) is 3.06. The number of hydrogen-bond acceptors (Lipinski definition) is 0. The average Bonchev–Trinajstić information content (AvgIpc) is 1.99. The zero-order chi connectivity index (χ0) is 8.43. The van der Waals surface area contributed by atoms with Crippen LogP contribution in [0.3, 0.4) is 0 Å². The van der Waals surface area contributed by atoms with E-state index in [0.29, 0.717) is 15.1 Å². The predicted octanol–water partition coefficient (Wildman–Crippen LogP) is 4.21. The van der Waals surface area contributed by atoms with Gasteiger partial charge in [0.15, 0.2) is 0 Å². The quantitative estimate of drug-likeness (QED) is 0.608. The minimum Gasteiger partial charge on any atom is -0.0840 e. The molecule has 0 radical (unpaired) electrons. The van der Waals surface area contributed by atoms with Crippen molar-refractivity contribution in [3.05, 3.63) is 32.8 Å². The van der Waals surface area contributed by atoms with Crippen LogP contribution < -0.4 is 0 Å². The first-order chi connectivity index (χ1) is 5.16. The van der Waals surface area contributed by atoms with Gasteiger partial charge < -0.3 is 0 Å². The van der Waals surface area contributed by atoms with Gasteiger partial charge in [0, 0.05) is 5.02 Å². The minimum atomic E-state index is 0.563. The largest absolute Gasteiger partial charge is 0.0840 e. The van der Waals surface area contributed by atoms with E-state index in [4.69, 9.17) is 34.8 Å². The third kappa shape index (κ3) is 1.81. The van der Waals surface area contributed by atoms with E-state index in [1.807, 2.05) is 6.92 Å². The molecule has 0 bridgehead atoms. The fraction of sp³-hybridized carbons (Fsp3) is 0.250. The molecule has 0 amide bonds. The second-order valence-electron chi connectivity index (χ2n) is 2.18. The Hall–Kier alpha value is 0.0900. The maximum Gasteiger partial charge on any atom is 0.0639 e. The lowest BCUT2D eigenvalue weighted by Gasteiger charge is -2.04. The van der Waals surface area contributed by atoms with Gasteiger partial charge in [0.2, 0.25) is 0 Å². The molecule has 60 valence electrons. The summed E-state index contributed by atoms with van der Waals surface area (Å²) in [5.74, 6) is 0. The molecule has 0 spiro atoms. The van der Waals surface area contributed by atoms with Crippen LogP contribution in [0.5, 0.6) is 0 Å². The first-order valence-corrected chi connectivity index (χ1v) is 4.42. The highest BCUT2D eigenvalue weighted by atomic mass is 35.5. The second kappa shape index (κ2) is 3.66. The highest BCUT2D eigenvalue weighted by Crippen LogP contribution is 2.31. The highest BCUT2D eigenvalue weighted by molar-refractivity contribution is 6.44. The van der Waals surface area contributed by atoms with Crippen LogP contribution in [-0.2, 0) is 6.42 Å². The van der Waals surface area contributed by atoms with Crippen molar-refractivity contribution in [3.8, 4) is 0 Å². The molecular weight excluding hydrogens is 202 g/mol. The van der Waals surface area contributed by atoms with E-state index in [9.17, 15) is 0 Å². The van der Waals surface area contributed by atoms with E-state index in [1.54, 1.807) is 12.1 Å². The van der Waals surface area contributed by atoms with E-state index in [0.717, 1.165) is 12.0 Å². The SMILES string of the molecule is CCc1c(Cl)ccc(Cl)c1Cl. The topological polar surface area (TPSA) is 0 Å². The van der Waals surface area contributed by atoms with Crippen molar-refractivity contribution in [2.45, 2.75) is 13.3 Å². The Morgan fingerprint density at radius 3 is 2.09 bits per heavy atom. The summed E-state index contributed by atoms with van der Waals surface area (Å²) in [7, 11) is 0. The van der Waals surface area contributed by atoms with Crippen molar-refractivity contribution in [1.82, 2.24) is 0 Å². The molecule has 0 nitrogen and oxygen atoms in total. The van der Waals surface area contributed by atoms with Gasteiger partial charge in [-0.2, -0.15) is 0 Å². The first-order valence-electron chi connectivity index (χ1n) is 3.29. The summed E-state index contributed by atoms with van der Waals surface area (Å²) in [6, 6.07) is 3.46. The van der Waals surface area contributed by atoms with Gasteiger partial charge in [0.05, 0.1) is 10.0 Å². The van der Waals surface area contributed by atoms with Crippen LogP contribution in [0.4, 0.5) is 0 Å². The molecule has 0 aliphatic carbocycles. The van der Waals surface area contributed by atoms with Crippen molar-refractivity contribution < 1.29 is 0 Å². The Labute approximate surface area is 81.1 Å². The molecule has 0 N–H and O–H groups in total. The number of rotatable bonds is 1. The first kappa shape index (κ1) is 9.18. The van der Waals surface area contributed by atoms with E-state index < -0.39 is 0 Å². The van der Waals surface area contributed by atoms with Crippen molar-refractivity contribution in [1.29, 1.82) is 0 Å². The van der Waals surface area contributed by atoms with Crippen LogP contribution in [0.1, 0.15) is 12.5 Å². The van der Waals surface area contributed by atoms with Crippen LogP contribution in [0.25, 0.3) is 0 Å². The summed E-state index contributed by atoms with van der Waals surface area (Å²) in [6.45, 7) is 1.99. The zero-order valence-corrected chi connectivity index (χ0v) is 8.26. The normalized spacial score (nSPS) is 10.2. The molecule has 0 fully saturated rings. The molecule has 3 heteroatoms. The summed E-state index contributed by atoms with van der Waals surface area (Å²) in [5, 5.41) is 1.82. The summed E-state index contributed by atoms with van der Waals surface area (Å²) < 4.78 is 0. The molecule has 0 aliphatic heterocycles. The Bertz CT molecular complexity index is 268. The van der Waals surface area contributed by atoms with Gasteiger partial charge in [-0.25, -0.2) is 0 Å². The molecule has 0 aliphatic rings. The fourth-order valence-electron chi connectivity index (χ4n) is 0.893. The number of halogens is 3. The summed E-state index contributed by atoms with van der Waals surface area (Å²) >= 11 is 17.5. The maximum absolute atomic E-state index is 5.88. The Morgan fingerprint density at radius 2 is 1.64 bits per heavy atom. The van der Waals surface area contributed by atoms with Gasteiger partial charge in [-0.3, -0.25) is 0 Å². The molecule has 1 rings (SSSR count). The number of benzene rings is 1. The average molecular weight is 210 g/mol. The lowest BCUT2D eigenvalue weighted by molar-refractivity contribution is 1.14. The highest BCUT2D eigenvalue weighted by Gasteiger charge is 2.06. The van der Waals surface area contributed by atoms with E-state index in [-0.39, 0.29) is 0 Å². The molecule has 0 aromatic heterocycles. The monoisotopic (exact) mass is 208 g/mol. The predicted molar refractivity (Wildman–Crippen MR) is 50.9 cm³/mol. The van der Waals surface area contributed by atoms with Crippen molar-refractivity contribution in [2.75, 3.05) is 0 Å². The van der Waals surface area contributed by atoms with Gasteiger partial charge >= 0.3 is 0 Å². The van der Waals surface area contributed by atoms with Crippen molar-refractivity contribution in [2.24, 2.45) is 0 Å². The summed E-state index contributed by atoms with van der Waals surface area (Å²) in [6.07, 6.45) is 0.804. The molecule has 11 heavy (non-hydrogen) atoms. The standard InChI is InChI=1S/C8H7Cl3/c1-2-5-6(9)3-4-7(10)8(5)11/h3-4H,2H2,1H3. The van der Waals surface area contributed by atoms with Crippen molar-refractivity contribution in [3.63, 3.8) is 0 Å². The maximum atomic E-state index is 5.88. The van der Waals surface area contributed by atoms with Gasteiger partial charge in [-0.05, 0) is 24.1 Å². The van der Waals surface area contributed by atoms with Gasteiger partial charge in [-0.15, -0.1) is 0 Å². The number of hydrogen-bond donors (Lipinski definition) is 0. The van der Waals surface area contributed by atoms with Gasteiger partial charge in [-0.1, -0.05) is 41.7 Å². The molecule has 1 aromatic carbocycles.